The normalized spacial score (nSPS) is 11.2. The lowest BCUT2D eigenvalue weighted by Crippen LogP contribution is -2.11. The minimum Gasteiger partial charge on any atom is -0.490 e. The number of ether oxygens (including phenoxy) is 4. The highest BCUT2D eigenvalue weighted by atomic mass is 16.5. The van der Waals surface area contributed by atoms with Crippen molar-refractivity contribution in [3.63, 3.8) is 0 Å². The van der Waals surface area contributed by atoms with Crippen molar-refractivity contribution in [2.75, 3.05) is 33.0 Å². The molecule has 0 spiro atoms. The molecule has 0 aliphatic heterocycles. The molecule has 1 N–H and O–H groups in total. The number of carbonyl (C=O) groups excluding carboxylic acids is 1. The van der Waals surface area contributed by atoms with Gasteiger partial charge < -0.3 is 24.1 Å². The van der Waals surface area contributed by atoms with Crippen LogP contribution in [-0.4, -0.2) is 44.1 Å². The molecule has 0 fully saturated rings. The van der Waals surface area contributed by atoms with Gasteiger partial charge in [-0.15, -0.1) is 0 Å². The van der Waals surface area contributed by atoms with E-state index >= 15 is 0 Å². The van der Waals surface area contributed by atoms with Crippen molar-refractivity contribution in [2.45, 2.75) is 213 Å². The minimum atomic E-state index is -0.488. The van der Waals surface area contributed by atoms with Crippen molar-refractivity contribution in [1.82, 2.24) is 0 Å². The molecular weight excluding hydrogens is 636 g/mol. The number of hydrogen-bond donors (Lipinski definition) is 1. The average molecular weight is 719 g/mol. The number of aliphatic hydroxyl groups is 1. The maximum absolute atomic E-state index is 12.9. The molecule has 0 aromatic heterocycles. The number of benzene rings is 1. The zero-order valence-corrected chi connectivity index (χ0v) is 33.9. The first kappa shape index (κ1) is 47.1. The zero-order chi connectivity index (χ0) is 36.9. The Bertz CT molecular complexity index is 856. The van der Waals surface area contributed by atoms with Crippen molar-refractivity contribution in [1.29, 1.82) is 0 Å². The summed E-state index contributed by atoms with van der Waals surface area (Å²) in [5, 5.41) is 9.24. The fraction of sp³-hybridized carbons (Fsp3) is 0.844. The first-order valence-electron chi connectivity index (χ1n) is 22.0. The number of aliphatic hydroxyl groups excluding tert-OH is 1. The van der Waals surface area contributed by atoms with Crippen LogP contribution >= 0.6 is 0 Å². The first-order chi connectivity index (χ1) is 25.2. The van der Waals surface area contributed by atoms with E-state index in [2.05, 4.69) is 20.8 Å². The second kappa shape index (κ2) is 36.4. The van der Waals surface area contributed by atoms with Gasteiger partial charge in [0.1, 0.15) is 6.61 Å². The van der Waals surface area contributed by atoms with E-state index in [9.17, 15) is 9.90 Å². The van der Waals surface area contributed by atoms with Gasteiger partial charge in [-0.05, 0) is 31.4 Å². The highest BCUT2D eigenvalue weighted by molar-refractivity contribution is 5.91. The molecule has 6 nitrogen and oxygen atoms in total. The minimum absolute atomic E-state index is 0.0422. The average Bonchev–Trinajstić information content (AvgIpc) is 3.14. The molecule has 0 unspecified atom stereocenters. The van der Waals surface area contributed by atoms with Crippen molar-refractivity contribution >= 4 is 5.97 Å². The molecule has 298 valence electrons. The van der Waals surface area contributed by atoms with Crippen LogP contribution in [0.2, 0.25) is 0 Å². The molecule has 1 aromatic carbocycles. The molecule has 6 heteroatoms. The van der Waals surface area contributed by atoms with E-state index in [4.69, 9.17) is 18.9 Å². The van der Waals surface area contributed by atoms with Gasteiger partial charge in [-0.3, -0.25) is 0 Å². The first-order valence-corrected chi connectivity index (χ1v) is 22.0. The van der Waals surface area contributed by atoms with Crippen molar-refractivity contribution < 1.29 is 28.8 Å². The summed E-state index contributed by atoms with van der Waals surface area (Å²) in [7, 11) is 0. The van der Waals surface area contributed by atoms with E-state index in [1.807, 2.05) is 0 Å². The van der Waals surface area contributed by atoms with E-state index < -0.39 is 5.97 Å². The molecule has 51 heavy (non-hydrogen) atoms. The molecule has 0 atom stereocenters. The molecule has 1 aromatic rings. The third-order valence-corrected chi connectivity index (χ3v) is 9.84. The summed E-state index contributed by atoms with van der Waals surface area (Å²) in [6.45, 7) is 8.27. The standard InChI is InChI=1S/C45H82O6/c1-4-7-10-13-16-19-22-25-28-31-35-48-42-39-41(45(47)51-38-34-46)40-43(49-36-32-29-26-23-20-17-14-11-8-5-2)44(42)50-37-33-30-27-24-21-18-15-12-9-6-3/h39-40,46H,4-38H2,1-3H3. The number of esters is 1. The molecule has 0 aliphatic rings. The second-order valence-electron chi connectivity index (χ2n) is 14.8. The van der Waals surface area contributed by atoms with E-state index in [0.717, 1.165) is 38.5 Å². The van der Waals surface area contributed by atoms with Crippen LogP contribution in [-0.2, 0) is 4.74 Å². The Labute approximate surface area is 315 Å². The van der Waals surface area contributed by atoms with Gasteiger partial charge in [-0.25, -0.2) is 4.79 Å². The second-order valence-corrected chi connectivity index (χ2v) is 14.8. The number of rotatable bonds is 39. The van der Waals surface area contributed by atoms with Crippen LogP contribution in [0.25, 0.3) is 0 Å². The fourth-order valence-electron chi connectivity index (χ4n) is 6.58. The number of hydrogen-bond acceptors (Lipinski definition) is 6. The van der Waals surface area contributed by atoms with E-state index in [1.165, 1.54) is 154 Å². The third-order valence-electron chi connectivity index (χ3n) is 9.84. The lowest BCUT2D eigenvalue weighted by atomic mass is 10.1. The Morgan fingerprint density at radius 2 is 0.725 bits per heavy atom. The lowest BCUT2D eigenvalue weighted by Gasteiger charge is -2.19. The summed E-state index contributed by atoms with van der Waals surface area (Å²) in [4.78, 5) is 12.9. The van der Waals surface area contributed by atoms with Crippen molar-refractivity contribution in [3.8, 4) is 17.2 Å². The predicted octanol–water partition coefficient (Wildman–Crippen LogP) is 13.7. The van der Waals surface area contributed by atoms with E-state index in [0.29, 0.717) is 42.6 Å². The number of unbranched alkanes of at least 4 members (excludes halogenated alkanes) is 27. The SMILES string of the molecule is CCCCCCCCCCCCOc1cc(C(=O)OCCO)cc(OCCCCCCCCCCCC)c1OCCCCCCCCCCCC. The smallest absolute Gasteiger partial charge is 0.338 e. The van der Waals surface area contributed by atoms with E-state index in [-0.39, 0.29) is 13.2 Å². The van der Waals surface area contributed by atoms with Gasteiger partial charge in [-0.2, -0.15) is 0 Å². The predicted molar refractivity (Wildman–Crippen MR) is 216 cm³/mol. The van der Waals surface area contributed by atoms with Gasteiger partial charge in [0.25, 0.3) is 0 Å². The Morgan fingerprint density at radius 3 is 1.04 bits per heavy atom. The Morgan fingerprint density at radius 1 is 0.431 bits per heavy atom. The van der Waals surface area contributed by atoms with Gasteiger partial charge >= 0.3 is 5.97 Å². The molecule has 0 heterocycles. The monoisotopic (exact) mass is 719 g/mol. The molecular formula is C45H82O6. The Hall–Kier alpha value is -1.95. The van der Waals surface area contributed by atoms with Gasteiger partial charge in [0.2, 0.25) is 5.75 Å². The Kier molecular flexibility index (Phi) is 33.6. The molecule has 0 bridgehead atoms. The van der Waals surface area contributed by atoms with Crippen LogP contribution in [0, 0.1) is 0 Å². The quantitative estimate of drug-likeness (QED) is 0.0539. The van der Waals surface area contributed by atoms with Crippen LogP contribution in [0.4, 0.5) is 0 Å². The third kappa shape index (κ3) is 27.3. The summed E-state index contributed by atoms with van der Waals surface area (Å²) in [5.41, 5.74) is 0.367. The highest BCUT2D eigenvalue weighted by Crippen LogP contribution is 2.40. The van der Waals surface area contributed by atoms with Crippen LogP contribution in [0.1, 0.15) is 224 Å². The Balaban J connectivity index is 2.76. The summed E-state index contributed by atoms with van der Waals surface area (Å²) < 4.78 is 24.4. The van der Waals surface area contributed by atoms with Gasteiger partial charge in [0, 0.05) is 0 Å². The molecule has 0 radical (unpaired) electrons. The van der Waals surface area contributed by atoms with Crippen LogP contribution < -0.4 is 14.2 Å². The highest BCUT2D eigenvalue weighted by Gasteiger charge is 2.20. The maximum atomic E-state index is 12.9. The summed E-state index contributed by atoms with van der Waals surface area (Å²) >= 11 is 0. The van der Waals surface area contributed by atoms with Crippen molar-refractivity contribution in [3.05, 3.63) is 17.7 Å². The zero-order valence-electron chi connectivity index (χ0n) is 33.9. The fourth-order valence-corrected chi connectivity index (χ4v) is 6.58. The van der Waals surface area contributed by atoms with Gasteiger partial charge in [-0.1, -0.05) is 194 Å². The van der Waals surface area contributed by atoms with Crippen LogP contribution in [0.5, 0.6) is 17.2 Å². The van der Waals surface area contributed by atoms with Crippen molar-refractivity contribution in [2.24, 2.45) is 0 Å². The molecule has 0 saturated heterocycles. The molecule has 1 rings (SSSR count). The molecule has 0 saturated carbocycles. The van der Waals surface area contributed by atoms with E-state index in [1.54, 1.807) is 12.1 Å². The summed E-state index contributed by atoms with van der Waals surface area (Å²) in [6.07, 6.45) is 38.0. The summed E-state index contributed by atoms with van der Waals surface area (Å²) in [5.74, 6) is 1.21. The van der Waals surface area contributed by atoms with Crippen LogP contribution in [0.3, 0.4) is 0 Å². The van der Waals surface area contributed by atoms with Gasteiger partial charge in [0.05, 0.1) is 32.0 Å². The molecule has 0 aliphatic carbocycles. The lowest BCUT2D eigenvalue weighted by molar-refractivity contribution is 0.0432. The molecule has 0 amide bonds. The number of carbonyl (C=O) groups is 1. The maximum Gasteiger partial charge on any atom is 0.338 e. The van der Waals surface area contributed by atoms with Crippen LogP contribution in [0.15, 0.2) is 12.1 Å². The van der Waals surface area contributed by atoms with Gasteiger partial charge in [0.15, 0.2) is 11.5 Å². The topological polar surface area (TPSA) is 74.2 Å². The summed E-state index contributed by atoms with van der Waals surface area (Å²) in [6, 6.07) is 3.47. The largest absolute Gasteiger partial charge is 0.490 e.